The first-order chi connectivity index (χ1) is 7.67. The molecule has 0 fully saturated rings. The topological polar surface area (TPSA) is 68.3 Å². The molecular formula is C11H16O4S2. The fourth-order valence-corrected chi connectivity index (χ4v) is 4.64. The largest absolute Gasteiger partial charge is 0.229 e. The van der Waals surface area contributed by atoms with Gasteiger partial charge in [0.05, 0.1) is 15.4 Å². The monoisotopic (exact) mass is 276 g/mol. The van der Waals surface area contributed by atoms with Crippen LogP contribution in [0.3, 0.4) is 0 Å². The highest BCUT2D eigenvalue weighted by Crippen LogP contribution is 2.20. The summed E-state index contributed by atoms with van der Waals surface area (Å²) in [6.45, 7) is 2.84. The lowest BCUT2D eigenvalue weighted by Crippen LogP contribution is -2.34. The van der Waals surface area contributed by atoms with Crippen molar-refractivity contribution in [3.05, 3.63) is 30.3 Å². The highest BCUT2D eigenvalue weighted by Gasteiger charge is 2.33. The van der Waals surface area contributed by atoms with Gasteiger partial charge in [-0.25, -0.2) is 16.8 Å². The summed E-state index contributed by atoms with van der Waals surface area (Å²) >= 11 is 0. The van der Waals surface area contributed by atoms with Gasteiger partial charge in [-0.3, -0.25) is 0 Å². The zero-order valence-corrected chi connectivity index (χ0v) is 11.6. The Morgan fingerprint density at radius 2 is 1.35 bits per heavy atom. The molecule has 0 aliphatic rings. The Kier molecular flexibility index (Phi) is 3.99. The lowest BCUT2D eigenvalue weighted by Gasteiger charge is -2.18. The Balaban J connectivity index is 3.18. The van der Waals surface area contributed by atoms with E-state index in [9.17, 15) is 16.8 Å². The molecule has 1 aromatic carbocycles. The third-order valence-corrected chi connectivity index (χ3v) is 7.15. The van der Waals surface area contributed by atoms with E-state index >= 15 is 0 Å². The van der Waals surface area contributed by atoms with Crippen LogP contribution in [0.5, 0.6) is 0 Å². The third kappa shape index (κ3) is 3.07. The average Bonchev–Trinajstić information content (AvgIpc) is 2.27. The lowest BCUT2D eigenvalue weighted by molar-refractivity contribution is 0.565. The molecule has 0 N–H and O–H groups in total. The van der Waals surface area contributed by atoms with E-state index in [2.05, 4.69) is 0 Å². The SMILES string of the molecule is CC(C(C)S(=O)(=O)c1ccccc1)S(C)(=O)=O. The summed E-state index contributed by atoms with van der Waals surface area (Å²) in [6.07, 6.45) is 1.05. The van der Waals surface area contributed by atoms with Crippen molar-refractivity contribution in [1.29, 1.82) is 0 Å². The third-order valence-electron chi connectivity index (χ3n) is 2.90. The van der Waals surface area contributed by atoms with Gasteiger partial charge in [-0.15, -0.1) is 0 Å². The van der Waals surface area contributed by atoms with Gasteiger partial charge < -0.3 is 0 Å². The second-order valence-corrected chi connectivity index (χ2v) is 8.81. The molecule has 2 unspecified atom stereocenters. The summed E-state index contributed by atoms with van der Waals surface area (Å²) in [5.41, 5.74) is 0. The maximum Gasteiger partial charge on any atom is 0.182 e. The number of sulfone groups is 2. The molecule has 0 bridgehead atoms. The van der Waals surface area contributed by atoms with Crippen molar-refractivity contribution in [2.24, 2.45) is 0 Å². The molecule has 0 aliphatic carbocycles. The number of hydrogen-bond acceptors (Lipinski definition) is 4. The molecule has 6 heteroatoms. The van der Waals surface area contributed by atoms with Gasteiger partial charge in [0.15, 0.2) is 19.7 Å². The van der Waals surface area contributed by atoms with E-state index in [0.29, 0.717) is 0 Å². The zero-order chi connectivity index (χ0) is 13.3. The molecule has 0 saturated heterocycles. The van der Waals surface area contributed by atoms with Gasteiger partial charge in [-0.1, -0.05) is 18.2 Å². The predicted octanol–water partition coefficient (Wildman–Crippen LogP) is 1.28. The van der Waals surface area contributed by atoms with Crippen molar-refractivity contribution in [3.63, 3.8) is 0 Å². The molecular weight excluding hydrogens is 260 g/mol. The first-order valence-corrected chi connectivity index (χ1v) is 8.65. The van der Waals surface area contributed by atoms with Crippen molar-refractivity contribution >= 4 is 19.7 Å². The van der Waals surface area contributed by atoms with E-state index in [-0.39, 0.29) is 4.90 Å². The van der Waals surface area contributed by atoms with Gasteiger partial charge in [-0.05, 0) is 26.0 Å². The normalized spacial score (nSPS) is 16.4. The van der Waals surface area contributed by atoms with E-state index < -0.39 is 30.2 Å². The Hall–Kier alpha value is -0.880. The van der Waals surface area contributed by atoms with Crippen LogP contribution in [0.4, 0.5) is 0 Å². The van der Waals surface area contributed by atoms with Crippen LogP contribution >= 0.6 is 0 Å². The molecule has 4 nitrogen and oxygen atoms in total. The second kappa shape index (κ2) is 4.78. The van der Waals surface area contributed by atoms with Crippen LogP contribution in [0.1, 0.15) is 13.8 Å². The molecule has 0 spiro atoms. The van der Waals surface area contributed by atoms with Crippen LogP contribution in [0.15, 0.2) is 35.2 Å². The Bertz CT molecular complexity index is 573. The van der Waals surface area contributed by atoms with Gasteiger partial charge >= 0.3 is 0 Å². The fraction of sp³-hybridized carbons (Fsp3) is 0.455. The maximum atomic E-state index is 12.2. The van der Waals surface area contributed by atoms with Crippen molar-refractivity contribution in [1.82, 2.24) is 0 Å². The minimum atomic E-state index is -3.60. The van der Waals surface area contributed by atoms with Gasteiger partial charge in [-0.2, -0.15) is 0 Å². The molecule has 0 radical (unpaired) electrons. The molecule has 1 rings (SSSR count). The van der Waals surface area contributed by atoms with E-state index in [4.69, 9.17) is 0 Å². The molecule has 0 heterocycles. The smallest absolute Gasteiger partial charge is 0.182 e. The predicted molar refractivity (Wildman–Crippen MR) is 67.4 cm³/mol. The Morgan fingerprint density at radius 3 is 1.76 bits per heavy atom. The Labute approximate surface area is 103 Å². The standard InChI is InChI=1S/C11H16O4S2/c1-9(16(3,12)13)10(2)17(14,15)11-7-5-4-6-8-11/h4-10H,1-3H3. The quantitative estimate of drug-likeness (QED) is 0.831. The van der Waals surface area contributed by atoms with Crippen LogP contribution in [0.25, 0.3) is 0 Å². The number of hydrogen-bond donors (Lipinski definition) is 0. The summed E-state index contributed by atoms with van der Waals surface area (Å²) in [7, 11) is -6.97. The second-order valence-electron chi connectivity index (χ2n) is 4.10. The summed E-state index contributed by atoms with van der Waals surface area (Å²) in [5, 5.41) is -1.88. The summed E-state index contributed by atoms with van der Waals surface area (Å²) < 4.78 is 47.1. The molecule has 96 valence electrons. The minimum absolute atomic E-state index is 0.156. The van der Waals surface area contributed by atoms with E-state index in [1.165, 1.54) is 26.0 Å². The van der Waals surface area contributed by atoms with Crippen LogP contribution in [0.2, 0.25) is 0 Å². The van der Waals surface area contributed by atoms with Crippen molar-refractivity contribution in [3.8, 4) is 0 Å². The minimum Gasteiger partial charge on any atom is -0.229 e. The van der Waals surface area contributed by atoms with Crippen molar-refractivity contribution < 1.29 is 16.8 Å². The van der Waals surface area contributed by atoms with Gasteiger partial charge in [0, 0.05) is 6.26 Å². The zero-order valence-electron chi connectivity index (χ0n) is 9.99. The summed E-state index contributed by atoms with van der Waals surface area (Å²) in [4.78, 5) is 0.156. The van der Waals surface area contributed by atoms with Crippen molar-refractivity contribution in [2.45, 2.75) is 29.2 Å². The van der Waals surface area contributed by atoms with E-state index in [1.54, 1.807) is 18.2 Å². The highest BCUT2D eigenvalue weighted by molar-refractivity contribution is 7.95. The Morgan fingerprint density at radius 1 is 0.882 bits per heavy atom. The van der Waals surface area contributed by atoms with Gasteiger partial charge in [0.2, 0.25) is 0 Å². The highest BCUT2D eigenvalue weighted by atomic mass is 32.2. The molecule has 0 aliphatic heterocycles. The van der Waals surface area contributed by atoms with Gasteiger partial charge in [0.1, 0.15) is 0 Å². The van der Waals surface area contributed by atoms with Crippen LogP contribution in [0, 0.1) is 0 Å². The maximum absolute atomic E-state index is 12.2. The van der Waals surface area contributed by atoms with Gasteiger partial charge in [0.25, 0.3) is 0 Å². The molecule has 2 atom stereocenters. The number of rotatable bonds is 4. The average molecular weight is 276 g/mol. The molecule has 1 aromatic rings. The fourth-order valence-electron chi connectivity index (χ4n) is 1.43. The molecule has 17 heavy (non-hydrogen) atoms. The van der Waals surface area contributed by atoms with Crippen molar-refractivity contribution in [2.75, 3.05) is 6.26 Å². The van der Waals surface area contributed by atoms with Crippen LogP contribution in [-0.4, -0.2) is 33.6 Å². The lowest BCUT2D eigenvalue weighted by atomic mass is 10.4. The number of benzene rings is 1. The summed E-state index contributed by atoms with van der Waals surface area (Å²) in [6, 6.07) is 7.89. The van der Waals surface area contributed by atoms with Crippen LogP contribution < -0.4 is 0 Å². The van der Waals surface area contributed by atoms with E-state index in [1.807, 2.05) is 0 Å². The molecule has 0 amide bonds. The van der Waals surface area contributed by atoms with E-state index in [0.717, 1.165) is 6.26 Å². The van der Waals surface area contributed by atoms with Crippen LogP contribution in [-0.2, 0) is 19.7 Å². The first-order valence-electron chi connectivity index (χ1n) is 5.15. The molecule has 0 aromatic heterocycles. The summed E-state index contributed by atoms with van der Waals surface area (Å²) in [5.74, 6) is 0. The first kappa shape index (κ1) is 14.2. The molecule has 0 saturated carbocycles.